The van der Waals surface area contributed by atoms with E-state index >= 15 is 0 Å². The van der Waals surface area contributed by atoms with Crippen molar-refractivity contribution in [1.82, 2.24) is 16.0 Å². The van der Waals surface area contributed by atoms with Crippen LogP contribution in [-0.4, -0.2) is 69.7 Å². The topological polar surface area (TPSA) is 208 Å². The number of benzene rings is 1. The van der Waals surface area contributed by atoms with Crippen molar-refractivity contribution in [2.75, 3.05) is 6.54 Å². The molecule has 0 aliphatic rings. The van der Waals surface area contributed by atoms with E-state index < -0.39 is 60.8 Å². The van der Waals surface area contributed by atoms with Crippen molar-refractivity contribution in [3.63, 3.8) is 0 Å². The van der Waals surface area contributed by atoms with Gasteiger partial charge in [0.25, 0.3) is 0 Å². The Labute approximate surface area is 190 Å². The molecule has 0 radical (unpaired) electrons. The summed E-state index contributed by atoms with van der Waals surface area (Å²) >= 11 is 0. The average molecular weight is 466 g/mol. The average Bonchev–Trinajstić information content (AvgIpc) is 2.75. The Hall–Kier alpha value is -3.67. The highest BCUT2D eigenvalue weighted by molar-refractivity contribution is 5.94. The highest BCUT2D eigenvalue weighted by atomic mass is 16.4. The summed E-state index contributed by atoms with van der Waals surface area (Å²) in [5, 5.41) is 34.2. The van der Waals surface area contributed by atoms with Gasteiger partial charge in [0.15, 0.2) is 0 Å². The summed E-state index contributed by atoms with van der Waals surface area (Å²) in [5.41, 5.74) is 6.16. The molecule has 0 aliphatic carbocycles. The quantitative estimate of drug-likeness (QED) is 0.189. The third-order valence-electron chi connectivity index (χ3n) is 4.95. The lowest BCUT2D eigenvalue weighted by Gasteiger charge is -2.27. The summed E-state index contributed by atoms with van der Waals surface area (Å²) in [4.78, 5) is 59.5. The van der Waals surface area contributed by atoms with E-state index in [4.69, 9.17) is 15.9 Å². The molecular weight excluding hydrogens is 436 g/mol. The predicted molar refractivity (Wildman–Crippen MR) is 116 cm³/mol. The maximum atomic E-state index is 13.0. The fourth-order valence-electron chi connectivity index (χ4n) is 2.87. The number of hydrogen-bond acceptors (Lipinski definition) is 7. The van der Waals surface area contributed by atoms with Crippen LogP contribution in [0.25, 0.3) is 0 Å². The fourth-order valence-corrected chi connectivity index (χ4v) is 2.87. The van der Waals surface area contributed by atoms with Crippen LogP contribution in [0, 0.1) is 5.92 Å². The van der Waals surface area contributed by atoms with Crippen LogP contribution in [0.5, 0.6) is 5.75 Å². The molecule has 1 rings (SSSR count). The smallest absolute Gasteiger partial charge is 0.322 e. The van der Waals surface area contributed by atoms with Gasteiger partial charge in [-0.05, 0) is 23.6 Å². The third-order valence-corrected chi connectivity index (χ3v) is 4.95. The largest absolute Gasteiger partial charge is 0.508 e. The first-order valence-corrected chi connectivity index (χ1v) is 10.3. The molecular formula is C21H30N4O8. The van der Waals surface area contributed by atoms with Gasteiger partial charge in [-0.15, -0.1) is 0 Å². The molecule has 0 aromatic heterocycles. The van der Waals surface area contributed by atoms with Crippen molar-refractivity contribution in [3.05, 3.63) is 29.8 Å². The van der Waals surface area contributed by atoms with Crippen LogP contribution in [0.4, 0.5) is 0 Å². The minimum absolute atomic E-state index is 0.00640. The molecule has 1 aromatic rings. The summed E-state index contributed by atoms with van der Waals surface area (Å²) < 4.78 is 0. The third kappa shape index (κ3) is 9.56. The van der Waals surface area contributed by atoms with Gasteiger partial charge in [-0.1, -0.05) is 32.4 Å². The van der Waals surface area contributed by atoms with Gasteiger partial charge in [0.2, 0.25) is 17.7 Å². The van der Waals surface area contributed by atoms with Gasteiger partial charge >= 0.3 is 11.9 Å². The molecule has 12 heteroatoms. The number of phenols is 1. The van der Waals surface area contributed by atoms with E-state index in [1.165, 1.54) is 24.3 Å². The van der Waals surface area contributed by atoms with Crippen LogP contribution < -0.4 is 21.7 Å². The second kappa shape index (κ2) is 13.0. The predicted octanol–water partition coefficient (Wildman–Crippen LogP) is -1.05. The lowest BCUT2D eigenvalue weighted by atomic mass is 9.96. The number of hydrogen-bond donors (Lipinski definition) is 7. The fraction of sp³-hybridized carbons (Fsp3) is 0.476. The summed E-state index contributed by atoms with van der Waals surface area (Å²) in [5.74, 6) is -5.22. The standard InChI is InChI=1S/C21H30N4O8/c1-3-11(2)18(25-19(31)14(22)9-16(27)28)21(33)24-15(20(32)23-10-17(29)30)8-12-4-6-13(26)7-5-12/h4-7,11,14-15,18,26H,3,8-10,22H2,1-2H3,(H,23,32)(H,24,33)(H,25,31)(H,27,28)(H,29,30). The van der Waals surface area contributed by atoms with E-state index in [9.17, 15) is 29.1 Å². The van der Waals surface area contributed by atoms with Crippen LogP contribution in [0.15, 0.2) is 24.3 Å². The van der Waals surface area contributed by atoms with E-state index in [0.717, 1.165) is 0 Å². The summed E-state index contributed by atoms with van der Waals surface area (Å²) in [6.07, 6.45) is -0.167. The van der Waals surface area contributed by atoms with Gasteiger partial charge in [-0.25, -0.2) is 0 Å². The van der Waals surface area contributed by atoms with E-state index in [-0.39, 0.29) is 18.1 Å². The minimum Gasteiger partial charge on any atom is -0.508 e. The number of aromatic hydroxyl groups is 1. The van der Waals surface area contributed by atoms with Crippen LogP contribution in [0.2, 0.25) is 0 Å². The molecule has 0 aliphatic heterocycles. The van der Waals surface area contributed by atoms with Crippen molar-refractivity contribution >= 4 is 29.7 Å². The van der Waals surface area contributed by atoms with Crippen LogP contribution >= 0.6 is 0 Å². The Morgan fingerprint density at radius 2 is 1.55 bits per heavy atom. The minimum atomic E-state index is -1.37. The zero-order chi connectivity index (χ0) is 25.1. The Bertz CT molecular complexity index is 858. The van der Waals surface area contributed by atoms with Crippen molar-refractivity contribution in [3.8, 4) is 5.75 Å². The SMILES string of the molecule is CCC(C)C(NC(=O)C(N)CC(=O)O)C(=O)NC(Cc1ccc(O)cc1)C(=O)NCC(=O)O. The lowest BCUT2D eigenvalue weighted by Crippen LogP contribution is -2.58. The van der Waals surface area contributed by atoms with Crippen LogP contribution in [-0.2, 0) is 30.4 Å². The van der Waals surface area contributed by atoms with Crippen molar-refractivity contribution in [2.24, 2.45) is 11.7 Å². The molecule has 0 fully saturated rings. The zero-order valence-electron chi connectivity index (χ0n) is 18.4. The summed E-state index contributed by atoms with van der Waals surface area (Å²) in [7, 11) is 0. The van der Waals surface area contributed by atoms with Crippen molar-refractivity contribution in [2.45, 2.75) is 51.2 Å². The monoisotopic (exact) mass is 466 g/mol. The Balaban J connectivity index is 3.05. The second-order valence-electron chi connectivity index (χ2n) is 7.62. The number of carbonyl (C=O) groups excluding carboxylic acids is 3. The maximum absolute atomic E-state index is 13.0. The first kappa shape index (κ1) is 27.4. The van der Waals surface area contributed by atoms with Crippen molar-refractivity contribution < 1.29 is 39.3 Å². The van der Waals surface area contributed by atoms with E-state index in [1.54, 1.807) is 13.8 Å². The molecule has 1 aromatic carbocycles. The number of phenolic OH excluding ortho intramolecular Hbond substituents is 1. The number of nitrogens with one attached hydrogen (secondary N) is 3. The molecule has 12 nitrogen and oxygen atoms in total. The number of aliphatic carboxylic acids is 2. The first-order valence-electron chi connectivity index (χ1n) is 10.3. The number of nitrogens with two attached hydrogens (primary N) is 1. The normalized spacial score (nSPS) is 14.3. The van der Waals surface area contributed by atoms with Gasteiger partial charge in [0, 0.05) is 6.42 Å². The molecule has 0 bridgehead atoms. The number of amides is 3. The number of rotatable bonds is 13. The van der Waals surface area contributed by atoms with Crippen LogP contribution in [0.1, 0.15) is 32.3 Å². The Morgan fingerprint density at radius 1 is 0.939 bits per heavy atom. The zero-order valence-corrected chi connectivity index (χ0v) is 18.4. The number of carbonyl (C=O) groups is 5. The van der Waals surface area contributed by atoms with Gasteiger partial charge < -0.3 is 37.0 Å². The highest BCUT2D eigenvalue weighted by Crippen LogP contribution is 2.13. The maximum Gasteiger partial charge on any atom is 0.322 e. The van der Waals surface area contributed by atoms with Crippen LogP contribution in [0.3, 0.4) is 0 Å². The van der Waals surface area contributed by atoms with E-state index in [0.29, 0.717) is 12.0 Å². The van der Waals surface area contributed by atoms with E-state index in [2.05, 4.69) is 16.0 Å². The van der Waals surface area contributed by atoms with Gasteiger partial charge in [-0.2, -0.15) is 0 Å². The summed E-state index contributed by atoms with van der Waals surface area (Å²) in [6.45, 7) is 2.81. The van der Waals surface area contributed by atoms with Gasteiger partial charge in [0.05, 0.1) is 12.5 Å². The Kier molecular flexibility index (Phi) is 10.8. The summed E-state index contributed by atoms with van der Waals surface area (Å²) in [6, 6.07) is 2.21. The molecule has 0 heterocycles. The Morgan fingerprint density at radius 3 is 2.06 bits per heavy atom. The van der Waals surface area contributed by atoms with Gasteiger partial charge in [-0.3, -0.25) is 24.0 Å². The van der Waals surface area contributed by atoms with Crippen molar-refractivity contribution in [1.29, 1.82) is 0 Å². The number of carboxylic acid groups (broad SMARTS) is 2. The molecule has 4 atom stereocenters. The second-order valence-corrected chi connectivity index (χ2v) is 7.62. The molecule has 33 heavy (non-hydrogen) atoms. The van der Waals surface area contributed by atoms with E-state index in [1.807, 2.05) is 0 Å². The highest BCUT2D eigenvalue weighted by Gasteiger charge is 2.31. The molecule has 0 saturated carbocycles. The molecule has 0 spiro atoms. The molecule has 0 saturated heterocycles. The molecule has 8 N–H and O–H groups in total. The molecule has 182 valence electrons. The number of carboxylic acids is 2. The molecule has 3 amide bonds. The lowest BCUT2D eigenvalue weighted by molar-refractivity contribution is -0.140. The first-order chi connectivity index (χ1) is 15.4. The van der Waals surface area contributed by atoms with Gasteiger partial charge in [0.1, 0.15) is 24.4 Å². The molecule has 4 unspecified atom stereocenters.